The van der Waals surface area contributed by atoms with Gasteiger partial charge in [0.15, 0.2) is 10.8 Å². The van der Waals surface area contributed by atoms with E-state index in [1.165, 1.54) is 11.3 Å². The zero-order chi connectivity index (χ0) is 14.1. The van der Waals surface area contributed by atoms with Crippen molar-refractivity contribution in [1.82, 2.24) is 4.98 Å². The summed E-state index contributed by atoms with van der Waals surface area (Å²) in [7, 11) is 3.31. The number of aromatic nitrogens is 1. The number of carbonyl (C=O) groups excluding carboxylic acids is 1. The Morgan fingerprint density at radius 2 is 1.95 bits per heavy atom. The highest BCUT2D eigenvalue weighted by Crippen LogP contribution is 2.20. The topological polar surface area (TPSA) is 60.9 Å². The van der Waals surface area contributed by atoms with Crippen molar-refractivity contribution in [2.75, 3.05) is 52.0 Å². The van der Waals surface area contributed by atoms with Gasteiger partial charge < -0.3 is 19.1 Å². The lowest BCUT2D eigenvalue weighted by atomic mass is 10.5. The lowest BCUT2D eigenvalue weighted by Gasteiger charge is -2.20. The molecule has 1 aromatic heterocycles. The predicted molar refractivity (Wildman–Crippen MR) is 74.0 cm³/mol. The van der Waals surface area contributed by atoms with Crippen LogP contribution < -0.4 is 4.90 Å². The zero-order valence-electron chi connectivity index (χ0n) is 11.5. The molecule has 0 bridgehead atoms. The van der Waals surface area contributed by atoms with Crippen LogP contribution >= 0.6 is 11.3 Å². The Labute approximate surface area is 117 Å². The standard InChI is InChI=1S/C12H20N2O4S/c1-4-18-11(15)10-9-19-12(13-10)14(5-7-16-2)6-8-17-3/h9H,4-8H2,1-3H3. The lowest BCUT2D eigenvalue weighted by molar-refractivity contribution is 0.0520. The Bertz CT molecular complexity index is 376. The molecule has 0 spiro atoms. The van der Waals surface area contributed by atoms with Crippen molar-refractivity contribution >= 4 is 22.4 Å². The molecule has 0 atom stereocenters. The second-order valence-corrected chi connectivity index (χ2v) is 4.54. The Morgan fingerprint density at radius 1 is 1.32 bits per heavy atom. The number of ether oxygens (including phenoxy) is 3. The van der Waals surface area contributed by atoms with Gasteiger partial charge in [-0.3, -0.25) is 0 Å². The van der Waals surface area contributed by atoms with E-state index < -0.39 is 0 Å². The summed E-state index contributed by atoms with van der Waals surface area (Å²) in [5, 5.41) is 2.48. The molecule has 7 heteroatoms. The van der Waals surface area contributed by atoms with E-state index in [0.717, 1.165) is 5.13 Å². The van der Waals surface area contributed by atoms with Crippen LogP contribution in [0.15, 0.2) is 5.38 Å². The number of hydrogen-bond donors (Lipinski definition) is 0. The van der Waals surface area contributed by atoms with Crippen molar-refractivity contribution in [3.63, 3.8) is 0 Å². The number of rotatable bonds is 9. The van der Waals surface area contributed by atoms with Gasteiger partial charge in [-0.2, -0.15) is 0 Å². The molecule has 19 heavy (non-hydrogen) atoms. The van der Waals surface area contributed by atoms with Gasteiger partial charge in [0.1, 0.15) is 0 Å². The second-order valence-electron chi connectivity index (χ2n) is 3.71. The first-order valence-corrected chi connectivity index (χ1v) is 6.96. The maximum atomic E-state index is 11.6. The highest BCUT2D eigenvalue weighted by Gasteiger charge is 2.15. The van der Waals surface area contributed by atoms with E-state index in [-0.39, 0.29) is 5.97 Å². The van der Waals surface area contributed by atoms with Gasteiger partial charge in [-0.1, -0.05) is 0 Å². The van der Waals surface area contributed by atoms with Crippen molar-refractivity contribution < 1.29 is 19.0 Å². The molecule has 0 unspecified atom stereocenters. The number of methoxy groups -OCH3 is 2. The van der Waals surface area contributed by atoms with Crippen molar-refractivity contribution in [2.24, 2.45) is 0 Å². The van der Waals surface area contributed by atoms with Crippen molar-refractivity contribution in [3.05, 3.63) is 11.1 Å². The van der Waals surface area contributed by atoms with Gasteiger partial charge in [0.25, 0.3) is 0 Å². The summed E-state index contributed by atoms with van der Waals surface area (Å²) in [5.74, 6) is -0.386. The molecule has 0 saturated heterocycles. The molecular weight excluding hydrogens is 268 g/mol. The quantitative estimate of drug-likeness (QED) is 0.640. The minimum absolute atomic E-state index is 0.349. The van der Waals surface area contributed by atoms with Crippen molar-refractivity contribution in [1.29, 1.82) is 0 Å². The number of esters is 1. The smallest absolute Gasteiger partial charge is 0.357 e. The number of thiazole rings is 1. The zero-order valence-corrected chi connectivity index (χ0v) is 12.4. The molecule has 0 fully saturated rings. The van der Waals surface area contributed by atoms with E-state index in [0.29, 0.717) is 38.6 Å². The maximum absolute atomic E-state index is 11.6. The summed E-state index contributed by atoms with van der Waals surface area (Å²) >= 11 is 1.42. The molecule has 0 radical (unpaired) electrons. The fourth-order valence-electron chi connectivity index (χ4n) is 1.41. The first kappa shape index (κ1) is 15.9. The first-order chi connectivity index (χ1) is 9.22. The average molecular weight is 288 g/mol. The summed E-state index contributed by atoms with van der Waals surface area (Å²) in [6, 6.07) is 0. The molecule has 1 aromatic rings. The van der Waals surface area contributed by atoms with Gasteiger partial charge >= 0.3 is 5.97 Å². The summed E-state index contributed by atoms with van der Waals surface area (Å²) in [6.07, 6.45) is 0. The van der Waals surface area contributed by atoms with Crippen molar-refractivity contribution in [3.8, 4) is 0 Å². The van der Waals surface area contributed by atoms with E-state index in [1.54, 1.807) is 26.5 Å². The van der Waals surface area contributed by atoms with Gasteiger partial charge in [-0.05, 0) is 6.92 Å². The van der Waals surface area contributed by atoms with Crippen LogP contribution in [0.4, 0.5) is 5.13 Å². The molecular formula is C12H20N2O4S. The van der Waals surface area contributed by atoms with Crippen LogP contribution in [0.5, 0.6) is 0 Å². The van der Waals surface area contributed by atoms with E-state index in [1.807, 2.05) is 4.90 Å². The predicted octanol–water partition coefficient (Wildman–Crippen LogP) is 1.42. The molecule has 0 aliphatic rings. The molecule has 0 aliphatic heterocycles. The van der Waals surface area contributed by atoms with Gasteiger partial charge in [0.05, 0.1) is 19.8 Å². The SMILES string of the molecule is CCOC(=O)c1csc(N(CCOC)CCOC)n1. The van der Waals surface area contributed by atoms with Crippen molar-refractivity contribution in [2.45, 2.75) is 6.92 Å². The molecule has 0 N–H and O–H groups in total. The van der Waals surface area contributed by atoms with E-state index in [2.05, 4.69) is 4.98 Å². The van der Waals surface area contributed by atoms with Gasteiger partial charge in [-0.25, -0.2) is 9.78 Å². The van der Waals surface area contributed by atoms with Crippen LogP contribution in [0.2, 0.25) is 0 Å². The van der Waals surface area contributed by atoms with E-state index in [9.17, 15) is 4.79 Å². The number of anilines is 1. The maximum Gasteiger partial charge on any atom is 0.357 e. The fourth-order valence-corrected chi connectivity index (χ4v) is 2.26. The average Bonchev–Trinajstić information content (AvgIpc) is 2.89. The Balaban J connectivity index is 2.69. The van der Waals surface area contributed by atoms with Gasteiger partial charge in [0.2, 0.25) is 0 Å². The molecule has 1 rings (SSSR count). The second kappa shape index (κ2) is 8.84. The first-order valence-electron chi connectivity index (χ1n) is 6.08. The minimum Gasteiger partial charge on any atom is -0.461 e. The molecule has 0 aromatic carbocycles. The van der Waals surface area contributed by atoms with Gasteiger partial charge in [0, 0.05) is 32.7 Å². The monoisotopic (exact) mass is 288 g/mol. The normalized spacial score (nSPS) is 10.5. The van der Waals surface area contributed by atoms with Crippen LogP contribution in [0, 0.1) is 0 Å². The van der Waals surface area contributed by atoms with E-state index >= 15 is 0 Å². The molecule has 1 heterocycles. The van der Waals surface area contributed by atoms with Crippen LogP contribution in [0.3, 0.4) is 0 Å². The highest BCUT2D eigenvalue weighted by atomic mass is 32.1. The number of carbonyl (C=O) groups is 1. The number of nitrogens with zero attached hydrogens (tertiary/aromatic N) is 2. The minimum atomic E-state index is -0.386. The third-order valence-corrected chi connectivity index (χ3v) is 3.28. The summed E-state index contributed by atoms with van der Waals surface area (Å²) < 4.78 is 15.1. The molecule has 0 amide bonds. The summed E-state index contributed by atoms with van der Waals surface area (Å²) in [6.45, 7) is 4.72. The molecule has 108 valence electrons. The van der Waals surface area contributed by atoms with Gasteiger partial charge in [-0.15, -0.1) is 11.3 Å². The Morgan fingerprint density at radius 3 is 2.47 bits per heavy atom. The molecule has 6 nitrogen and oxygen atoms in total. The summed E-state index contributed by atoms with van der Waals surface area (Å²) in [4.78, 5) is 17.9. The highest BCUT2D eigenvalue weighted by molar-refractivity contribution is 7.13. The van der Waals surface area contributed by atoms with Crippen LogP contribution in [-0.2, 0) is 14.2 Å². The Hall–Kier alpha value is -1.18. The largest absolute Gasteiger partial charge is 0.461 e. The molecule has 0 saturated carbocycles. The Kier molecular flexibility index (Phi) is 7.39. The van der Waals surface area contributed by atoms with Crippen LogP contribution in [0.1, 0.15) is 17.4 Å². The molecule has 0 aliphatic carbocycles. The van der Waals surface area contributed by atoms with Crippen LogP contribution in [-0.4, -0.2) is 58.1 Å². The third kappa shape index (κ3) is 5.14. The lowest BCUT2D eigenvalue weighted by Crippen LogP contribution is -2.30. The summed E-state index contributed by atoms with van der Waals surface area (Å²) in [5.41, 5.74) is 0.349. The van der Waals surface area contributed by atoms with E-state index in [4.69, 9.17) is 14.2 Å². The third-order valence-electron chi connectivity index (χ3n) is 2.38. The fraction of sp³-hybridized carbons (Fsp3) is 0.667. The van der Waals surface area contributed by atoms with Crippen LogP contribution in [0.25, 0.3) is 0 Å². The number of hydrogen-bond acceptors (Lipinski definition) is 7.